The Labute approximate surface area is 279 Å². The molecule has 1 aliphatic carbocycles. The van der Waals surface area contributed by atoms with Gasteiger partial charge in [-0.3, -0.25) is 15.0 Å². The Hall–Kier alpha value is -4.75. The SMILES string of the molecule is CCCOC(=O)NCCCCCN(CCCCCC(=O)O)S(=O)(=O)c1c2oc3cc(N)ccc3c(-c3ccccc3C=O)c-2ccc1=N. The molecule has 1 heterocycles. The molecular formula is C35H42N4O8S. The fourth-order valence-electron chi connectivity index (χ4n) is 5.57. The number of fused-ring (bicyclic) bond motifs is 2. The number of benzene rings is 3. The predicted octanol–water partition coefficient (Wildman–Crippen LogP) is 6.02. The van der Waals surface area contributed by atoms with Crippen LogP contribution >= 0.6 is 0 Å². The highest BCUT2D eigenvalue weighted by Gasteiger charge is 2.33. The van der Waals surface area contributed by atoms with Crippen LogP contribution < -0.4 is 16.4 Å². The van der Waals surface area contributed by atoms with Crippen molar-refractivity contribution < 1.29 is 37.1 Å². The Balaban J connectivity index is 1.71. The van der Waals surface area contributed by atoms with Crippen LogP contribution in [0.25, 0.3) is 33.4 Å². The van der Waals surface area contributed by atoms with Crippen LogP contribution in [0.5, 0.6) is 0 Å². The summed E-state index contributed by atoms with van der Waals surface area (Å²) in [7, 11) is -4.33. The predicted molar refractivity (Wildman–Crippen MR) is 182 cm³/mol. The molecule has 1 aliphatic heterocycles. The first kappa shape index (κ1) is 36.1. The minimum atomic E-state index is -4.33. The molecule has 0 saturated heterocycles. The lowest BCUT2D eigenvalue weighted by molar-refractivity contribution is -0.137. The molecule has 13 heteroatoms. The summed E-state index contributed by atoms with van der Waals surface area (Å²) in [6, 6.07) is 15.1. The number of unbranched alkanes of at least 4 members (excludes halogenated alkanes) is 4. The van der Waals surface area contributed by atoms with Crippen LogP contribution in [0.15, 0.2) is 63.9 Å². The van der Waals surface area contributed by atoms with Crippen molar-refractivity contribution in [1.29, 1.82) is 5.41 Å². The maximum absolute atomic E-state index is 14.5. The number of hydrogen-bond acceptors (Lipinski definition) is 9. The van der Waals surface area contributed by atoms with Gasteiger partial charge in [0.25, 0.3) is 0 Å². The maximum Gasteiger partial charge on any atom is 0.407 e. The summed E-state index contributed by atoms with van der Waals surface area (Å²) in [6.07, 6.45) is 3.98. The Morgan fingerprint density at radius 2 is 1.73 bits per heavy atom. The van der Waals surface area contributed by atoms with Gasteiger partial charge in [0, 0.05) is 59.9 Å². The van der Waals surface area contributed by atoms with Crippen LogP contribution in [0.3, 0.4) is 0 Å². The maximum atomic E-state index is 14.5. The lowest BCUT2D eigenvalue weighted by atomic mass is 9.91. The van der Waals surface area contributed by atoms with Crippen LogP contribution in [0.1, 0.15) is 68.6 Å². The number of aldehydes is 1. The molecule has 12 nitrogen and oxygen atoms in total. The van der Waals surface area contributed by atoms with Gasteiger partial charge in [-0.1, -0.05) is 44.0 Å². The number of nitrogens with zero attached hydrogens (tertiary/aromatic N) is 1. The zero-order valence-electron chi connectivity index (χ0n) is 27.0. The molecule has 0 saturated carbocycles. The van der Waals surface area contributed by atoms with E-state index in [0.717, 1.165) is 12.7 Å². The fourth-order valence-corrected chi connectivity index (χ4v) is 7.30. The molecule has 0 aromatic heterocycles. The highest BCUT2D eigenvalue weighted by atomic mass is 32.2. The highest BCUT2D eigenvalue weighted by Crippen LogP contribution is 2.43. The van der Waals surface area contributed by atoms with Crippen molar-refractivity contribution in [3.05, 3.63) is 65.5 Å². The summed E-state index contributed by atoms with van der Waals surface area (Å²) in [5.74, 6) is -0.940. The highest BCUT2D eigenvalue weighted by molar-refractivity contribution is 7.89. The van der Waals surface area contributed by atoms with E-state index in [1.807, 2.05) is 6.92 Å². The largest absolute Gasteiger partial charge is 0.481 e. The quantitative estimate of drug-likeness (QED) is 0.0421. The van der Waals surface area contributed by atoms with Gasteiger partial charge < -0.3 is 25.3 Å². The van der Waals surface area contributed by atoms with E-state index in [4.69, 9.17) is 25.4 Å². The van der Waals surface area contributed by atoms with E-state index in [-0.39, 0.29) is 35.5 Å². The number of sulfonamides is 1. The second kappa shape index (κ2) is 16.9. The van der Waals surface area contributed by atoms with Crippen molar-refractivity contribution in [2.24, 2.45) is 0 Å². The number of carbonyl (C=O) groups is 3. The average Bonchev–Trinajstić information content (AvgIpc) is 3.06. The van der Waals surface area contributed by atoms with Gasteiger partial charge in [0.15, 0.2) is 16.9 Å². The molecule has 0 radical (unpaired) electrons. The third kappa shape index (κ3) is 8.78. The van der Waals surface area contributed by atoms with E-state index in [9.17, 15) is 22.8 Å². The Kier molecular flexibility index (Phi) is 12.7. The molecule has 0 fully saturated rings. The van der Waals surface area contributed by atoms with Gasteiger partial charge in [-0.2, -0.15) is 4.31 Å². The van der Waals surface area contributed by atoms with Crippen LogP contribution in [-0.2, 0) is 19.6 Å². The first-order valence-corrected chi connectivity index (χ1v) is 17.5. The number of nitrogen functional groups attached to an aromatic ring is 1. The number of nitrogens with one attached hydrogen (secondary N) is 2. The number of ether oxygens (including phenoxy) is 1. The number of amides is 1. The number of carboxylic acid groups (broad SMARTS) is 1. The van der Waals surface area contributed by atoms with Crippen molar-refractivity contribution in [3.63, 3.8) is 0 Å². The number of anilines is 1. The number of hydrogen-bond donors (Lipinski definition) is 4. The summed E-state index contributed by atoms with van der Waals surface area (Å²) >= 11 is 0. The molecule has 256 valence electrons. The monoisotopic (exact) mass is 678 g/mol. The minimum absolute atomic E-state index is 0.0131. The van der Waals surface area contributed by atoms with Gasteiger partial charge in [-0.05, 0) is 61.9 Å². The van der Waals surface area contributed by atoms with E-state index in [0.29, 0.717) is 90.6 Å². The van der Waals surface area contributed by atoms with Crippen molar-refractivity contribution in [2.45, 2.75) is 63.2 Å². The molecule has 0 spiro atoms. The normalized spacial score (nSPS) is 11.6. The van der Waals surface area contributed by atoms with Crippen LogP contribution in [-0.4, -0.2) is 62.4 Å². The standard InChI is InChI=1S/C35H42N4O8S/c1-2-21-46-35(43)38-18-8-4-10-20-39(19-9-3-5-13-31(41)42)48(44,45)34-29(37)17-16-28-32(26-12-7-6-11-24(26)23-40)27-15-14-25(36)22-30(27)47-33(28)34/h6-7,11-12,14-17,22-23,37H,2-5,8-10,13,18-21,36H2,1H3,(H,38,43)(H,41,42). The first-order valence-electron chi connectivity index (χ1n) is 16.1. The summed E-state index contributed by atoms with van der Waals surface area (Å²) in [4.78, 5) is 34.5. The van der Waals surface area contributed by atoms with Gasteiger partial charge in [0.1, 0.15) is 5.58 Å². The number of rotatable bonds is 18. The molecule has 2 aliphatic rings. The summed E-state index contributed by atoms with van der Waals surface area (Å²) < 4.78 is 41.7. The molecule has 2 aromatic rings. The Bertz CT molecular complexity index is 1890. The van der Waals surface area contributed by atoms with Crippen molar-refractivity contribution in [3.8, 4) is 22.5 Å². The average molecular weight is 679 g/mol. The smallest absolute Gasteiger partial charge is 0.407 e. The molecule has 5 N–H and O–H groups in total. The first-order chi connectivity index (χ1) is 23.1. The third-order valence-electron chi connectivity index (χ3n) is 7.91. The van der Waals surface area contributed by atoms with E-state index in [1.54, 1.807) is 48.5 Å². The lowest BCUT2D eigenvalue weighted by Crippen LogP contribution is -2.36. The summed E-state index contributed by atoms with van der Waals surface area (Å²) in [5.41, 5.74) is 8.75. The van der Waals surface area contributed by atoms with Gasteiger partial charge >= 0.3 is 12.1 Å². The number of carboxylic acids is 1. The van der Waals surface area contributed by atoms with E-state index in [1.165, 1.54) is 10.4 Å². The molecule has 48 heavy (non-hydrogen) atoms. The zero-order chi connectivity index (χ0) is 34.7. The molecule has 1 amide bonds. The third-order valence-corrected chi connectivity index (χ3v) is 9.88. The molecule has 4 rings (SSSR count). The van der Waals surface area contributed by atoms with Crippen LogP contribution in [0.2, 0.25) is 0 Å². The number of nitrogens with two attached hydrogens (primary N) is 1. The van der Waals surface area contributed by atoms with E-state index in [2.05, 4.69) is 5.32 Å². The molecular weight excluding hydrogens is 636 g/mol. The molecule has 0 atom stereocenters. The van der Waals surface area contributed by atoms with Crippen molar-refractivity contribution in [1.82, 2.24) is 9.62 Å². The minimum Gasteiger partial charge on any atom is -0.481 e. The van der Waals surface area contributed by atoms with E-state index < -0.39 is 22.1 Å². The van der Waals surface area contributed by atoms with Gasteiger partial charge in [-0.25, -0.2) is 13.2 Å². The topological polar surface area (TPSA) is 193 Å². The van der Waals surface area contributed by atoms with Crippen molar-refractivity contribution in [2.75, 3.05) is 32.0 Å². The summed E-state index contributed by atoms with van der Waals surface area (Å²) in [6.45, 7) is 2.86. The second-order valence-corrected chi connectivity index (χ2v) is 13.4. The van der Waals surface area contributed by atoms with E-state index >= 15 is 0 Å². The molecule has 2 aromatic carbocycles. The number of alkyl carbamates (subject to hydrolysis) is 1. The van der Waals surface area contributed by atoms with Crippen LogP contribution in [0, 0.1) is 5.41 Å². The van der Waals surface area contributed by atoms with Crippen molar-refractivity contribution >= 4 is 45.0 Å². The van der Waals surface area contributed by atoms with Gasteiger partial charge in [-0.15, -0.1) is 0 Å². The van der Waals surface area contributed by atoms with Gasteiger partial charge in [0.05, 0.1) is 12.0 Å². The molecule has 0 unspecified atom stereocenters. The number of aliphatic carboxylic acids is 1. The number of carbonyl (C=O) groups excluding carboxylic acids is 2. The van der Waals surface area contributed by atoms with Gasteiger partial charge in [0.2, 0.25) is 10.0 Å². The lowest BCUT2D eigenvalue weighted by Gasteiger charge is -2.25. The fraction of sp³-hybridized carbons (Fsp3) is 0.371. The Morgan fingerprint density at radius 3 is 2.44 bits per heavy atom. The summed E-state index contributed by atoms with van der Waals surface area (Å²) in [5, 5.41) is 20.9. The second-order valence-electron chi connectivity index (χ2n) is 11.5. The van der Waals surface area contributed by atoms with Crippen LogP contribution in [0.4, 0.5) is 10.5 Å². The molecule has 0 bridgehead atoms. The zero-order valence-corrected chi connectivity index (χ0v) is 27.8. The Morgan fingerprint density at radius 1 is 1.00 bits per heavy atom.